The number of rotatable bonds is 7. The van der Waals surface area contributed by atoms with Crippen molar-refractivity contribution in [3.8, 4) is 5.82 Å². The Balaban J connectivity index is 1.40. The van der Waals surface area contributed by atoms with Gasteiger partial charge < -0.3 is 10.4 Å². The normalized spacial score (nSPS) is 16.7. The van der Waals surface area contributed by atoms with Crippen LogP contribution < -0.4 is 5.32 Å². The first kappa shape index (κ1) is 23.1. The Hall–Kier alpha value is -3.65. The van der Waals surface area contributed by atoms with E-state index < -0.39 is 16.1 Å². The van der Waals surface area contributed by atoms with E-state index in [9.17, 15) is 18.3 Å². The third-order valence-corrected chi connectivity index (χ3v) is 6.65. The van der Waals surface area contributed by atoms with Crippen LogP contribution in [-0.2, 0) is 21.4 Å². The summed E-state index contributed by atoms with van der Waals surface area (Å²) in [5.41, 5.74) is 3.01. The lowest BCUT2D eigenvalue weighted by molar-refractivity contribution is -0.118. The SMILES string of the molecule is Cc1nn(-c2ccnc(Nc3ccc4c(c3)c(C=O)cn4S(C)(=O)=O)n2)cc1CN1CC(O)CO1. The standard InChI is InChI=1S/C22H23N7O5S/c1-14-15(8-27-11-18(31)13-34-27)9-28(26-14)21-5-6-23-22(25-21)24-17-3-4-20-19(7-17)16(12-30)10-29(20)35(2,32)33/h3-7,9-10,12,18,31H,8,11,13H2,1-2H3,(H,23,24,25). The zero-order chi connectivity index (χ0) is 24.7. The monoisotopic (exact) mass is 497 g/mol. The molecule has 2 N–H and O–H groups in total. The molecule has 0 amide bonds. The van der Waals surface area contributed by atoms with Crippen molar-refractivity contribution in [2.45, 2.75) is 19.6 Å². The molecule has 0 radical (unpaired) electrons. The van der Waals surface area contributed by atoms with Gasteiger partial charge in [0.25, 0.3) is 0 Å². The number of hydroxylamine groups is 2. The second-order valence-corrected chi connectivity index (χ2v) is 10.2. The van der Waals surface area contributed by atoms with Gasteiger partial charge in [-0.15, -0.1) is 0 Å². The summed E-state index contributed by atoms with van der Waals surface area (Å²) >= 11 is 0. The number of aliphatic hydroxyl groups excluding tert-OH is 1. The van der Waals surface area contributed by atoms with Crippen molar-refractivity contribution in [2.24, 2.45) is 0 Å². The van der Waals surface area contributed by atoms with Gasteiger partial charge >= 0.3 is 0 Å². The fourth-order valence-electron chi connectivity index (χ4n) is 3.94. The van der Waals surface area contributed by atoms with Crippen molar-refractivity contribution in [3.63, 3.8) is 0 Å². The first-order chi connectivity index (χ1) is 16.7. The molecule has 35 heavy (non-hydrogen) atoms. The van der Waals surface area contributed by atoms with E-state index in [1.54, 1.807) is 40.2 Å². The molecule has 4 aromatic rings. The van der Waals surface area contributed by atoms with Crippen molar-refractivity contribution in [2.75, 3.05) is 24.7 Å². The summed E-state index contributed by atoms with van der Waals surface area (Å²) in [6, 6.07) is 6.71. The number of β-amino-alcohol motifs (C(OH)–C–C–N with tert-alkyl or cyclic N) is 1. The summed E-state index contributed by atoms with van der Waals surface area (Å²) in [6.07, 6.45) is 5.96. The number of nitrogens with zero attached hydrogens (tertiary/aromatic N) is 6. The molecule has 182 valence electrons. The first-order valence-electron chi connectivity index (χ1n) is 10.7. The van der Waals surface area contributed by atoms with Crippen LogP contribution in [0.3, 0.4) is 0 Å². The summed E-state index contributed by atoms with van der Waals surface area (Å²) in [4.78, 5) is 25.7. The maximum absolute atomic E-state index is 12.0. The largest absolute Gasteiger partial charge is 0.389 e. The number of aldehydes is 1. The summed E-state index contributed by atoms with van der Waals surface area (Å²) in [5, 5.41) is 19.5. The molecule has 1 aliphatic heterocycles. The number of aliphatic hydroxyl groups is 1. The average molecular weight is 498 g/mol. The molecule has 12 nitrogen and oxygen atoms in total. The zero-order valence-corrected chi connectivity index (χ0v) is 19.8. The fourth-order valence-corrected chi connectivity index (χ4v) is 4.76. The predicted octanol–water partition coefficient (Wildman–Crippen LogP) is 1.40. The maximum Gasteiger partial charge on any atom is 0.236 e. The van der Waals surface area contributed by atoms with E-state index in [0.717, 1.165) is 21.5 Å². The third kappa shape index (κ3) is 4.66. The van der Waals surface area contributed by atoms with Gasteiger partial charge in [0.05, 0.1) is 43.3 Å². The van der Waals surface area contributed by atoms with Gasteiger partial charge in [-0.25, -0.2) is 22.1 Å². The number of hydrogen-bond acceptors (Lipinski definition) is 10. The van der Waals surface area contributed by atoms with Gasteiger partial charge in [-0.2, -0.15) is 15.1 Å². The van der Waals surface area contributed by atoms with Gasteiger partial charge in [-0.3, -0.25) is 9.63 Å². The van der Waals surface area contributed by atoms with Crippen LogP contribution in [0.4, 0.5) is 11.6 Å². The van der Waals surface area contributed by atoms with Gasteiger partial charge in [0.2, 0.25) is 16.0 Å². The highest BCUT2D eigenvalue weighted by molar-refractivity contribution is 7.89. The first-order valence-corrected chi connectivity index (χ1v) is 12.6. The van der Waals surface area contributed by atoms with Gasteiger partial charge in [-0.1, -0.05) is 0 Å². The van der Waals surface area contributed by atoms with Gasteiger partial charge in [-0.05, 0) is 25.1 Å². The van der Waals surface area contributed by atoms with E-state index >= 15 is 0 Å². The Bertz CT molecular complexity index is 1530. The second kappa shape index (κ2) is 8.85. The highest BCUT2D eigenvalue weighted by Crippen LogP contribution is 2.26. The lowest BCUT2D eigenvalue weighted by Crippen LogP contribution is -2.20. The number of carbonyl (C=O) groups is 1. The van der Waals surface area contributed by atoms with Crippen LogP contribution in [0.25, 0.3) is 16.7 Å². The van der Waals surface area contributed by atoms with Crippen molar-refractivity contribution < 1.29 is 23.2 Å². The molecule has 3 aromatic heterocycles. The molecule has 0 aliphatic carbocycles. The number of aromatic nitrogens is 5. The van der Waals surface area contributed by atoms with Gasteiger partial charge in [0, 0.05) is 46.9 Å². The Morgan fingerprint density at radius 3 is 2.83 bits per heavy atom. The molecule has 1 fully saturated rings. The number of benzene rings is 1. The molecule has 1 aliphatic rings. The summed E-state index contributed by atoms with van der Waals surface area (Å²) in [7, 11) is -3.56. The van der Waals surface area contributed by atoms with E-state index in [4.69, 9.17) is 4.84 Å². The predicted molar refractivity (Wildman–Crippen MR) is 127 cm³/mol. The number of hydrogen-bond donors (Lipinski definition) is 2. The molecule has 0 saturated carbocycles. The molecule has 1 atom stereocenters. The summed E-state index contributed by atoms with van der Waals surface area (Å²) in [6.45, 7) is 3.11. The molecular formula is C22H23N7O5S. The molecule has 5 rings (SSSR count). The molecule has 1 aromatic carbocycles. The Kier molecular flexibility index (Phi) is 5.84. The van der Waals surface area contributed by atoms with Crippen LogP contribution in [0, 0.1) is 6.92 Å². The smallest absolute Gasteiger partial charge is 0.236 e. The topological polar surface area (TPSA) is 144 Å². The van der Waals surface area contributed by atoms with Crippen LogP contribution in [0.1, 0.15) is 21.6 Å². The van der Waals surface area contributed by atoms with Crippen LogP contribution in [-0.4, -0.2) is 74.1 Å². The number of fused-ring (bicyclic) bond motifs is 1. The fraction of sp³-hybridized carbons (Fsp3) is 0.273. The molecule has 0 spiro atoms. The van der Waals surface area contributed by atoms with Crippen molar-refractivity contribution in [1.29, 1.82) is 0 Å². The minimum absolute atomic E-state index is 0.262. The van der Waals surface area contributed by atoms with E-state index in [1.165, 1.54) is 6.20 Å². The maximum atomic E-state index is 12.0. The van der Waals surface area contributed by atoms with Gasteiger partial charge in [0.1, 0.15) is 0 Å². The van der Waals surface area contributed by atoms with Crippen molar-refractivity contribution in [1.82, 2.24) is 28.8 Å². The van der Waals surface area contributed by atoms with Crippen LogP contribution in [0.2, 0.25) is 0 Å². The number of carbonyl (C=O) groups excluding carboxylic acids is 1. The number of anilines is 2. The Labute approximate surface area is 200 Å². The lowest BCUT2D eigenvalue weighted by Gasteiger charge is -2.12. The van der Waals surface area contributed by atoms with E-state index in [1.807, 2.05) is 13.1 Å². The quantitative estimate of drug-likeness (QED) is 0.359. The van der Waals surface area contributed by atoms with Gasteiger partial charge in [0.15, 0.2) is 12.1 Å². The second-order valence-electron chi connectivity index (χ2n) is 8.31. The zero-order valence-electron chi connectivity index (χ0n) is 19.0. The van der Waals surface area contributed by atoms with Crippen LogP contribution in [0.5, 0.6) is 0 Å². The Morgan fingerprint density at radius 2 is 2.11 bits per heavy atom. The van der Waals surface area contributed by atoms with Crippen LogP contribution >= 0.6 is 0 Å². The minimum Gasteiger partial charge on any atom is -0.389 e. The molecule has 1 saturated heterocycles. The summed E-state index contributed by atoms with van der Waals surface area (Å²) in [5.74, 6) is 0.842. The van der Waals surface area contributed by atoms with Crippen molar-refractivity contribution >= 4 is 38.8 Å². The molecule has 4 heterocycles. The molecule has 13 heteroatoms. The van der Waals surface area contributed by atoms with Crippen molar-refractivity contribution in [3.05, 3.63) is 59.7 Å². The third-order valence-electron chi connectivity index (χ3n) is 5.63. The summed E-state index contributed by atoms with van der Waals surface area (Å²) < 4.78 is 26.8. The molecular weight excluding hydrogens is 474 g/mol. The number of nitrogens with one attached hydrogen (secondary N) is 1. The minimum atomic E-state index is -3.56. The highest BCUT2D eigenvalue weighted by Gasteiger charge is 2.23. The Morgan fingerprint density at radius 1 is 1.29 bits per heavy atom. The average Bonchev–Trinajstić information content (AvgIpc) is 3.50. The molecule has 0 bridgehead atoms. The van der Waals surface area contributed by atoms with E-state index in [0.29, 0.717) is 47.7 Å². The highest BCUT2D eigenvalue weighted by atomic mass is 32.2. The van der Waals surface area contributed by atoms with E-state index in [-0.39, 0.29) is 12.2 Å². The van der Waals surface area contributed by atoms with E-state index in [2.05, 4.69) is 20.4 Å². The number of aryl methyl sites for hydroxylation is 1. The molecule has 1 unspecified atom stereocenters. The lowest BCUT2D eigenvalue weighted by atomic mass is 10.2. The van der Waals surface area contributed by atoms with Crippen LogP contribution in [0.15, 0.2) is 42.9 Å².